The third kappa shape index (κ3) is 4.00. The van der Waals surface area contributed by atoms with Crippen molar-refractivity contribution in [3.8, 4) is 0 Å². The third-order valence-corrected chi connectivity index (χ3v) is 4.36. The van der Waals surface area contributed by atoms with Gasteiger partial charge >= 0.3 is 0 Å². The minimum absolute atomic E-state index is 0.529. The van der Waals surface area contributed by atoms with Crippen molar-refractivity contribution in [1.82, 2.24) is 5.32 Å². The summed E-state index contributed by atoms with van der Waals surface area (Å²) in [6.45, 7) is 4.62. The molecule has 1 saturated carbocycles. The quantitative estimate of drug-likeness (QED) is 0.830. The summed E-state index contributed by atoms with van der Waals surface area (Å²) >= 11 is 5.90. The number of hydrogen-bond donors (Lipinski definition) is 1. The van der Waals surface area contributed by atoms with Gasteiger partial charge in [-0.25, -0.2) is 0 Å². The first-order valence-corrected chi connectivity index (χ1v) is 7.53. The molecule has 2 unspecified atom stereocenters. The van der Waals surface area contributed by atoms with E-state index < -0.39 is 0 Å². The summed E-state index contributed by atoms with van der Waals surface area (Å²) in [5.41, 5.74) is 1.36. The maximum atomic E-state index is 5.90. The molecule has 0 spiro atoms. The van der Waals surface area contributed by atoms with Crippen LogP contribution in [0, 0.1) is 5.92 Å². The van der Waals surface area contributed by atoms with Crippen molar-refractivity contribution < 1.29 is 0 Å². The Morgan fingerprint density at radius 2 is 1.78 bits per heavy atom. The van der Waals surface area contributed by atoms with E-state index in [2.05, 4.69) is 31.3 Å². The molecule has 2 heteroatoms. The molecule has 0 radical (unpaired) electrons. The number of nitrogens with one attached hydrogen (secondary N) is 1. The van der Waals surface area contributed by atoms with Crippen LogP contribution >= 0.6 is 11.6 Å². The van der Waals surface area contributed by atoms with Crippen molar-refractivity contribution >= 4 is 11.6 Å². The number of halogens is 1. The summed E-state index contributed by atoms with van der Waals surface area (Å²) < 4.78 is 0. The molecule has 2 atom stereocenters. The Labute approximate surface area is 116 Å². The van der Waals surface area contributed by atoms with Crippen LogP contribution < -0.4 is 5.32 Å². The zero-order valence-electron chi connectivity index (χ0n) is 11.5. The van der Waals surface area contributed by atoms with Crippen LogP contribution in [-0.4, -0.2) is 12.1 Å². The SMILES string of the molecule is CC(Cc1ccc(Cl)cc1)NC(C)C1CCCC1. The zero-order chi connectivity index (χ0) is 13.0. The van der Waals surface area contributed by atoms with Crippen LogP contribution in [0.4, 0.5) is 0 Å². The monoisotopic (exact) mass is 265 g/mol. The predicted molar refractivity (Wildman–Crippen MR) is 79.2 cm³/mol. The molecule has 1 fully saturated rings. The average Bonchev–Trinajstić information content (AvgIpc) is 2.85. The average molecular weight is 266 g/mol. The molecule has 18 heavy (non-hydrogen) atoms. The van der Waals surface area contributed by atoms with Gasteiger partial charge in [-0.2, -0.15) is 0 Å². The lowest BCUT2D eigenvalue weighted by Crippen LogP contribution is -2.39. The van der Waals surface area contributed by atoms with E-state index in [0.717, 1.165) is 17.4 Å². The molecule has 0 amide bonds. The minimum atomic E-state index is 0.529. The van der Waals surface area contributed by atoms with E-state index in [1.165, 1.54) is 31.2 Å². The van der Waals surface area contributed by atoms with Crippen LogP contribution in [0.3, 0.4) is 0 Å². The van der Waals surface area contributed by atoms with Gasteiger partial charge < -0.3 is 5.32 Å². The minimum Gasteiger partial charge on any atom is -0.311 e. The van der Waals surface area contributed by atoms with Crippen LogP contribution in [-0.2, 0) is 6.42 Å². The second-order valence-corrected chi connectivity index (χ2v) is 6.17. The van der Waals surface area contributed by atoms with Gasteiger partial charge in [0.15, 0.2) is 0 Å². The third-order valence-electron chi connectivity index (χ3n) is 4.11. The second-order valence-electron chi connectivity index (χ2n) is 5.73. The molecule has 1 aromatic rings. The lowest BCUT2D eigenvalue weighted by Gasteiger charge is -2.25. The summed E-state index contributed by atoms with van der Waals surface area (Å²) in [4.78, 5) is 0. The first-order chi connectivity index (χ1) is 8.65. The van der Waals surface area contributed by atoms with Gasteiger partial charge in [0.2, 0.25) is 0 Å². The topological polar surface area (TPSA) is 12.0 Å². The van der Waals surface area contributed by atoms with Crippen LogP contribution in [0.1, 0.15) is 45.1 Å². The van der Waals surface area contributed by atoms with Gasteiger partial charge in [0, 0.05) is 17.1 Å². The number of rotatable bonds is 5. The number of benzene rings is 1. The maximum Gasteiger partial charge on any atom is 0.0406 e. The Morgan fingerprint density at radius 3 is 2.39 bits per heavy atom. The summed E-state index contributed by atoms with van der Waals surface area (Å²) in [7, 11) is 0. The van der Waals surface area contributed by atoms with Crippen molar-refractivity contribution in [3.63, 3.8) is 0 Å². The van der Waals surface area contributed by atoms with E-state index in [1.54, 1.807) is 0 Å². The summed E-state index contributed by atoms with van der Waals surface area (Å²) in [6, 6.07) is 9.38. The van der Waals surface area contributed by atoms with Gasteiger partial charge in [0.05, 0.1) is 0 Å². The highest BCUT2D eigenvalue weighted by Gasteiger charge is 2.22. The van der Waals surface area contributed by atoms with Crippen molar-refractivity contribution in [2.75, 3.05) is 0 Å². The molecule has 2 rings (SSSR count). The van der Waals surface area contributed by atoms with Crippen molar-refractivity contribution in [1.29, 1.82) is 0 Å². The van der Waals surface area contributed by atoms with Gasteiger partial charge in [-0.05, 0) is 56.7 Å². The fourth-order valence-electron chi connectivity index (χ4n) is 3.08. The normalized spacial score (nSPS) is 19.9. The van der Waals surface area contributed by atoms with Crippen molar-refractivity contribution in [2.24, 2.45) is 5.92 Å². The first-order valence-electron chi connectivity index (χ1n) is 7.15. The molecule has 0 aliphatic heterocycles. The number of hydrogen-bond acceptors (Lipinski definition) is 1. The van der Waals surface area contributed by atoms with Gasteiger partial charge in [0.25, 0.3) is 0 Å². The molecular formula is C16H24ClN. The molecule has 100 valence electrons. The highest BCUT2D eigenvalue weighted by atomic mass is 35.5. The Hall–Kier alpha value is -0.530. The van der Waals surface area contributed by atoms with Crippen molar-refractivity contribution in [3.05, 3.63) is 34.9 Å². The Bertz CT molecular complexity index is 354. The molecule has 0 heterocycles. The molecule has 0 saturated heterocycles. The van der Waals surface area contributed by atoms with E-state index in [0.29, 0.717) is 12.1 Å². The highest BCUT2D eigenvalue weighted by Crippen LogP contribution is 2.27. The van der Waals surface area contributed by atoms with Crippen molar-refractivity contribution in [2.45, 2.75) is 58.0 Å². The molecule has 1 nitrogen and oxygen atoms in total. The van der Waals surface area contributed by atoms with Gasteiger partial charge in [-0.1, -0.05) is 36.6 Å². The Morgan fingerprint density at radius 1 is 1.17 bits per heavy atom. The molecule has 1 aliphatic rings. The van der Waals surface area contributed by atoms with E-state index >= 15 is 0 Å². The van der Waals surface area contributed by atoms with Crippen LogP contribution in [0.2, 0.25) is 5.02 Å². The van der Waals surface area contributed by atoms with E-state index in [4.69, 9.17) is 11.6 Å². The molecular weight excluding hydrogens is 242 g/mol. The predicted octanol–water partition coefficient (Wildman–Crippen LogP) is 4.44. The van der Waals surface area contributed by atoms with E-state index in [9.17, 15) is 0 Å². The highest BCUT2D eigenvalue weighted by molar-refractivity contribution is 6.30. The van der Waals surface area contributed by atoms with Crippen LogP contribution in [0.5, 0.6) is 0 Å². The lowest BCUT2D eigenvalue weighted by atomic mass is 9.98. The molecule has 0 aromatic heterocycles. The molecule has 1 aliphatic carbocycles. The maximum absolute atomic E-state index is 5.90. The summed E-state index contributed by atoms with van der Waals surface area (Å²) in [5.74, 6) is 0.887. The fourth-order valence-corrected chi connectivity index (χ4v) is 3.20. The molecule has 0 bridgehead atoms. The Kier molecular flexibility index (Phi) is 5.08. The second kappa shape index (κ2) is 6.58. The van der Waals surface area contributed by atoms with Crippen LogP contribution in [0.15, 0.2) is 24.3 Å². The van der Waals surface area contributed by atoms with Crippen LogP contribution in [0.25, 0.3) is 0 Å². The smallest absolute Gasteiger partial charge is 0.0406 e. The van der Waals surface area contributed by atoms with E-state index in [1.807, 2.05) is 12.1 Å². The Balaban J connectivity index is 1.80. The summed E-state index contributed by atoms with van der Waals surface area (Å²) in [5, 5.41) is 4.57. The molecule has 1 N–H and O–H groups in total. The standard InChI is InChI=1S/C16H24ClN/c1-12(11-14-7-9-16(17)10-8-14)18-13(2)15-5-3-4-6-15/h7-10,12-13,15,18H,3-6,11H2,1-2H3. The van der Waals surface area contributed by atoms with E-state index in [-0.39, 0.29) is 0 Å². The van der Waals surface area contributed by atoms with Gasteiger partial charge in [0.1, 0.15) is 0 Å². The zero-order valence-corrected chi connectivity index (χ0v) is 12.2. The largest absolute Gasteiger partial charge is 0.311 e. The fraction of sp³-hybridized carbons (Fsp3) is 0.625. The molecule has 1 aromatic carbocycles. The van der Waals surface area contributed by atoms with Gasteiger partial charge in [-0.3, -0.25) is 0 Å². The van der Waals surface area contributed by atoms with Gasteiger partial charge in [-0.15, -0.1) is 0 Å². The lowest BCUT2D eigenvalue weighted by molar-refractivity contribution is 0.348. The summed E-state index contributed by atoms with van der Waals surface area (Å²) in [6.07, 6.45) is 6.72. The first kappa shape index (κ1) is 13.9.